The molecule has 0 bridgehead atoms. The van der Waals surface area contributed by atoms with Crippen molar-refractivity contribution >= 4 is 29.6 Å². The van der Waals surface area contributed by atoms with E-state index in [1.54, 1.807) is 24.3 Å². The summed E-state index contributed by atoms with van der Waals surface area (Å²) in [6.45, 7) is 0. The lowest BCUT2D eigenvalue weighted by Crippen LogP contribution is -2.27. The number of carbonyl (C=O) groups is 2. The van der Waals surface area contributed by atoms with Gasteiger partial charge in [-0.25, -0.2) is 9.18 Å². The molecule has 3 aromatic rings. The van der Waals surface area contributed by atoms with Gasteiger partial charge in [-0.3, -0.25) is 4.79 Å². The number of amides is 1. The van der Waals surface area contributed by atoms with Crippen LogP contribution in [0, 0.1) is 5.82 Å². The van der Waals surface area contributed by atoms with E-state index in [9.17, 15) is 24.2 Å². The van der Waals surface area contributed by atoms with Gasteiger partial charge >= 0.3 is 5.97 Å². The minimum Gasteiger partial charge on any atom is -0.507 e. The number of rotatable bonds is 5. The number of phenols is 1. The van der Waals surface area contributed by atoms with Gasteiger partial charge in [-0.15, -0.1) is 0 Å². The van der Waals surface area contributed by atoms with Crippen molar-refractivity contribution in [3.05, 3.63) is 94.4 Å². The molecule has 3 rings (SSSR count). The van der Waals surface area contributed by atoms with Crippen molar-refractivity contribution < 1.29 is 24.2 Å². The number of halogens is 2. The van der Waals surface area contributed by atoms with Gasteiger partial charge in [-0.05, 0) is 42.0 Å². The van der Waals surface area contributed by atoms with Crippen LogP contribution in [0.25, 0.3) is 17.2 Å². The van der Waals surface area contributed by atoms with Crippen LogP contribution in [-0.2, 0) is 4.79 Å². The van der Waals surface area contributed by atoms with Crippen molar-refractivity contribution in [2.24, 2.45) is 0 Å². The molecule has 0 aliphatic rings. The van der Waals surface area contributed by atoms with Crippen molar-refractivity contribution in [3.63, 3.8) is 0 Å². The Labute approximate surface area is 170 Å². The van der Waals surface area contributed by atoms with Crippen molar-refractivity contribution in [1.29, 1.82) is 0 Å². The summed E-state index contributed by atoms with van der Waals surface area (Å²) in [5, 5.41) is 21.8. The summed E-state index contributed by atoms with van der Waals surface area (Å²) < 4.78 is 14.3. The fraction of sp³-hybridized carbons (Fsp3) is 0. The average molecular weight is 412 g/mol. The van der Waals surface area contributed by atoms with Crippen LogP contribution in [0.15, 0.2) is 72.4 Å². The fourth-order valence-electron chi connectivity index (χ4n) is 2.69. The zero-order valence-corrected chi connectivity index (χ0v) is 15.7. The number of para-hydroxylation sites is 1. The molecule has 0 aliphatic carbocycles. The van der Waals surface area contributed by atoms with Gasteiger partial charge in [0.25, 0.3) is 5.91 Å². The third kappa shape index (κ3) is 4.62. The van der Waals surface area contributed by atoms with Gasteiger partial charge in [0.15, 0.2) is 0 Å². The number of benzene rings is 3. The van der Waals surface area contributed by atoms with Gasteiger partial charge in [0.05, 0.1) is 5.56 Å². The van der Waals surface area contributed by atoms with Crippen molar-refractivity contribution in [2.75, 3.05) is 0 Å². The number of nitrogens with one attached hydrogen (secondary N) is 1. The molecular weight excluding hydrogens is 397 g/mol. The van der Waals surface area contributed by atoms with Gasteiger partial charge in [-0.1, -0.05) is 48.0 Å². The summed E-state index contributed by atoms with van der Waals surface area (Å²) in [4.78, 5) is 23.9. The number of carboxylic acids is 1. The van der Waals surface area contributed by atoms with Crippen LogP contribution in [0.3, 0.4) is 0 Å². The lowest BCUT2D eigenvalue weighted by atomic mass is 10.0. The maximum absolute atomic E-state index is 14.3. The Morgan fingerprint density at radius 2 is 1.66 bits per heavy atom. The number of aromatic hydroxyl groups is 1. The van der Waals surface area contributed by atoms with Gasteiger partial charge in [0, 0.05) is 16.1 Å². The van der Waals surface area contributed by atoms with Crippen LogP contribution in [0.1, 0.15) is 15.9 Å². The highest BCUT2D eigenvalue weighted by atomic mass is 35.5. The van der Waals surface area contributed by atoms with E-state index in [-0.39, 0.29) is 16.9 Å². The lowest BCUT2D eigenvalue weighted by Gasteiger charge is -2.09. The van der Waals surface area contributed by atoms with Crippen LogP contribution in [0.4, 0.5) is 4.39 Å². The Bertz CT molecular complexity index is 1130. The first kappa shape index (κ1) is 20.1. The van der Waals surface area contributed by atoms with Gasteiger partial charge in [-0.2, -0.15) is 0 Å². The molecular formula is C22H15ClFNO4. The molecule has 0 atom stereocenters. The predicted molar refractivity (Wildman–Crippen MR) is 108 cm³/mol. The summed E-state index contributed by atoms with van der Waals surface area (Å²) in [6.07, 6.45) is 1.19. The molecule has 3 N–H and O–H groups in total. The van der Waals surface area contributed by atoms with Gasteiger partial charge < -0.3 is 15.5 Å². The molecule has 0 aromatic heterocycles. The molecule has 0 unspecified atom stereocenters. The molecule has 0 spiro atoms. The molecule has 0 heterocycles. The molecule has 1 amide bonds. The summed E-state index contributed by atoms with van der Waals surface area (Å²) >= 11 is 6.13. The molecule has 0 fully saturated rings. The van der Waals surface area contributed by atoms with E-state index in [4.69, 9.17) is 11.6 Å². The summed E-state index contributed by atoms with van der Waals surface area (Å²) in [7, 11) is 0. The second-order valence-corrected chi connectivity index (χ2v) is 6.46. The topological polar surface area (TPSA) is 86.6 Å². The van der Waals surface area contributed by atoms with Crippen LogP contribution >= 0.6 is 11.6 Å². The van der Waals surface area contributed by atoms with Crippen LogP contribution in [-0.4, -0.2) is 22.1 Å². The molecule has 3 aromatic carbocycles. The Kier molecular flexibility index (Phi) is 5.95. The minimum atomic E-state index is -1.39. The number of hydrogen-bond acceptors (Lipinski definition) is 3. The molecule has 7 heteroatoms. The first-order valence-corrected chi connectivity index (χ1v) is 8.83. The fourth-order valence-corrected chi connectivity index (χ4v) is 2.93. The van der Waals surface area contributed by atoms with Crippen molar-refractivity contribution in [1.82, 2.24) is 5.32 Å². The van der Waals surface area contributed by atoms with Gasteiger partial charge in [0.2, 0.25) is 0 Å². The maximum atomic E-state index is 14.3. The van der Waals surface area contributed by atoms with E-state index in [1.807, 2.05) is 0 Å². The average Bonchev–Trinajstić information content (AvgIpc) is 2.69. The van der Waals surface area contributed by atoms with E-state index in [2.05, 4.69) is 5.32 Å². The van der Waals surface area contributed by atoms with Gasteiger partial charge in [0.1, 0.15) is 17.3 Å². The molecule has 0 saturated carbocycles. The number of hydrogen-bond donors (Lipinski definition) is 3. The molecule has 0 saturated heterocycles. The number of aliphatic carboxylic acids is 1. The highest BCUT2D eigenvalue weighted by Crippen LogP contribution is 2.30. The van der Waals surface area contributed by atoms with E-state index in [0.29, 0.717) is 16.1 Å². The van der Waals surface area contributed by atoms with Crippen molar-refractivity contribution in [2.45, 2.75) is 0 Å². The Hall–Kier alpha value is -3.64. The zero-order valence-electron chi connectivity index (χ0n) is 14.9. The number of phenolic OH excluding ortho intramolecular Hbond substituents is 1. The van der Waals surface area contributed by atoms with Crippen LogP contribution in [0.2, 0.25) is 5.02 Å². The van der Waals surface area contributed by atoms with E-state index >= 15 is 0 Å². The first-order valence-electron chi connectivity index (χ1n) is 8.45. The number of carboxylic acid groups (broad SMARTS) is 1. The standard InChI is InChI=1S/C22H15ClFNO4/c23-17-7-3-1-5-14(17)16-11-13(9-10-18(16)24)12-19(22(28)29)25-21(27)15-6-2-4-8-20(15)26/h1-12,26H,(H,25,27)(H,28,29)/b19-12-. The van der Waals surface area contributed by atoms with Crippen LogP contribution < -0.4 is 5.32 Å². The third-order valence-corrected chi connectivity index (χ3v) is 4.42. The Morgan fingerprint density at radius 3 is 2.34 bits per heavy atom. The largest absolute Gasteiger partial charge is 0.507 e. The molecule has 0 radical (unpaired) electrons. The Morgan fingerprint density at radius 1 is 0.966 bits per heavy atom. The first-order chi connectivity index (χ1) is 13.9. The SMILES string of the molecule is O=C(O)/C(=C/c1ccc(F)c(-c2ccccc2Cl)c1)NC(=O)c1ccccc1O. The summed E-state index contributed by atoms with van der Waals surface area (Å²) in [6, 6.07) is 16.4. The molecule has 29 heavy (non-hydrogen) atoms. The quantitative estimate of drug-likeness (QED) is 0.531. The normalized spacial score (nSPS) is 11.2. The smallest absolute Gasteiger partial charge is 0.352 e. The monoisotopic (exact) mass is 411 g/mol. The lowest BCUT2D eigenvalue weighted by molar-refractivity contribution is -0.132. The molecule has 5 nitrogen and oxygen atoms in total. The van der Waals surface area contributed by atoms with Crippen LogP contribution in [0.5, 0.6) is 5.75 Å². The second kappa shape index (κ2) is 8.58. The highest BCUT2D eigenvalue weighted by Gasteiger charge is 2.16. The number of carbonyl (C=O) groups excluding carboxylic acids is 1. The third-order valence-electron chi connectivity index (χ3n) is 4.09. The predicted octanol–water partition coefficient (Wildman–Crippen LogP) is 4.71. The van der Waals surface area contributed by atoms with E-state index in [1.165, 1.54) is 48.5 Å². The minimum absolute atomic E-state index is 0.0736. The second-order valence-electron chi connectivity index (χ2n) is 6.05. The molecule has 146 valence electrons. The maximum Gasteiger partial charge on any atom is 0.352 e. The molecule has 0 aliphatic heterocycles. The van der Waals surface area contributed by atoms with E-state index < -0.39 is 23.4 Å². The summed E-state index contributed by atoms with van der Waals surface area (Å²) in [5.41, 5.74) is 0.486. The van der Waals surface area contributed by atoms with E-state index in [0.717, 1.165) is 0 Å². The summed E-state index contributed by atoms with van der Waals surface area (Å²) in [5.74, 6) is -2.98. The zero-order chi connectivity index (χ0) is 21.0. The van der Waals surface area contributed by atoms with Crippen molar-refractivity contribution in [3.8, 4) is 16.9 Å². The highest BCUT2D eigenvalue weighted by molar-refractivity contribution is 6.33. The Balaban J connectivity index is 1.97.